The van der Waals surface area contributed by atoms with Crippen molar-refractivity contribution in [1.29, 1.82) is 0 Å². The van der Waals surface area contributed by atoms with E-state index in [4.69, 9.17) is 14.6 Å². The van der Waals surface area contributed by atoms with Crippen LogP contribution in [0.2, 0.25) is 0 Å². The maximum atomic E-state index is 10.8. The first-order valence-corrected chi connectivity index (χ1v) is 6.30. The van der Waals surface area contributed by atoms with Gasteiger partial charge < -0.3 is 19.9 Å². The van der Waals surface area contributed by atoms with Crippen LogP contribution in [0.1, 0.15) is 32.6 Å². The third-order valence-electron chi connectivity index (χ3n) is 3.74. The molecule has 2 rings (SSSR count). The van der Waals surface area contributed by atoms with Gasteiger partial charge in [0.15, 0.2) is 6.10 Å². The highest BCUT2D eigenvalue weighted by molar-refractivity contribution is 5.72. The van der Waals surface area contributed by atoms with E-state index in [2.05, 4.69) is 12.2 Å². The Labute approximate surface area is 101 Å². The number of ether oxygens (including phenoxy) is 2. The quantitative estimate of drug-likeness (QED) is 0.763. The second-order valence-corrected chi connectivity index (χ2v) is 5.22. The number of rotatable bonds is 4. The van der Waals surface area contributed by atoms with Crippen molar-refractivity contribution in [3.8, 4) is 0 Å². The fourth-order valence-corrected chi connectivity index (χ4v) is 2.40. The van der Waals surface area contributed by atoms with Crippen LogP contribution in [-0.2, 0) is 14.3 Å². The highest BCUT2D eigenvalue weighted by Crippen LogP contribution is 2.23. The third kappa shape index (κ3) is 3.40. The molecule has 98 valence electrons. The van der Waals surface area contributed by atoms with Gasteiger partial charge in [0.05, 0.1) is 6.10 Å². The predicted molar refractivity (Wildman–Crippen MR) is 62.0 cm³/mol. The molecule has 5 nitrogen and oxygen atoms in total. The summed E-state index contributed by atoms with van der Waals surface area (Å²) in [6.07, 6.45) is 2.89. The lowest BCUT2D eigenvalue weighted by atomic mass is 9.92. The molecule has 2 fully saturated rings. The SMILES string of the molecule is CC1(NCC2CCC(C(=O)O)O2)CCOCC1. The molecule has 0 spiro atoms. The molecule has 2 saturated heterocycles. The molecule has 2 atom stereocenters. The monoisotopic (exact) mass is 243 g/mol. The molecule has 0 bridgehead atoms. The molecule has 0 amide bonds. The van der Waals surface area contributed by atoms with Crippen LogP contribution in [0.25, 0.3) is 0 Å². The Morgan fingerprint density at radius 2 is 2.12 bits per heavy atom. The fraction of sp³-hybridized carbons (Fsp3) is 0.917. The minimum absolute atomic E-state index is 0.0377. The lowest BCUT2D eigenvalue weighted by molar-refractivity contribution is -0.149. The summed E-state index contributed by atoms with van der Waals surface area (Å²) in [6.45, 7) is 4.53. The van der Waals surface area contributed by atoms with Gasteiger partial charge in [0.1, 0.15) is 0 Å². The first kappa shape index (κ1) is 12.8. The van der Waals surface area contributed by atoms with Crippen LogP contribution in [-0.4, -0.2) is 48.6 Å². The van der Waals surface area contributed by atoms with Gasteiger partial charge in [-0.2, -0.15) is 0 Å². The van der Waals surface area contributed by atoms with E-state index in [-0.39, 0.29) is 11.6 Å². The Bertz CT molecular complexity index is 276. The van der Waals surface area contributed by atoms with Crippen LogP contribution in [0.5, 0.6) is 0 Å². The normalized spacial score (nSPS) is 32.5. The first-order valence-electron chi connectivity index (χ1n) is 6.30. The topological polar surface area (TPSA) is 67.8 Å². The number of carboxylic acid groups (broad SMARTS) is 1. The standard InChI is InChI=1S/C12H21NO4/c1-12(4-6-16-7-5-12)13-8-9-2-3-10(17-9)11(14)15/h9-10,13H,2-8H2,1H3,(H,14,15). The van der Waals surface area contributed by atoms with Gasteiger partial charge >= 0.3 is 5.97 Å². The van der Waals surface area contributed by atoms with Crippen LogP contribution >= 0.6 is 0 Å². The van der Waals surface area contributed by atoms with Gasteiger partial charge in [-0.25, -0.2) is 4.79 Å². The molecule has 2 unspecified atom stereocenters. The lowest BCUT2D eigenvalue weighted by Crippen LogP contribution is -2.49. The Morgan fingerprint density at radius 3 is 2.71 bits per heavy atom. The number of carboxylic acids is 1. The number of hydrogen-bond acceptors (Lipinski definition) is 4. The number of nitrogens with one attached hydrogen (secondary N) is 1. The highest BCUT2D eigenvalue weighted by atomic mass is 16.5. The van der Waals surface area contributed by atoms with Gasteiger partial charge in [-0.05, 0) is 32.6 Å². The van der Waals surface area contributed by atoms with E-state index in [1.54, 1.807) is 0 Å². The summed E-state index contributed by atoms with van der Waals surface area (Å²) in [5.74, 6) is -0.843. The zero-order valence-electron chi connectivity index (χ0n) is 10.3. The van der Waals surface area contributed by atoms with Crippen LogP contribution in [0.15, 0.2) is 0 Å². The molecule has 0 aromatic heterocycles. The van der Waals surface area contributed by atoms with E-state index in [0.717, 1.165) is 39.0 Å². The largest absolute Gasteiger partial charge is 0.479 e. The molecule has 0 aliphatic carbocycles. The predicted octanol–water partition coefficient (Wildman–Crippen LogP) is 0.777. The van der Waals surface area contributed by atoms with Gasteiger partial charge in [0.25, 0.3) is 0 Å². The maximum absolute atomic E-state index is 10.8. The van der Waals surface area contributed by atoms with E-state index >= 15 is 0 Å². The Kier molecular flexibility index (Phi) is 4.01. The summed E-state index contributed by atoms with van der Waals surface area (Å²) in [5.41, 5.74) is 0.114. The summed E-state index contributed by atoms with van der Waals surface area (Å²) in [4.78, 5) is 10.8. The van der Waals surface area contributed by atoms with Gasteiger partial charge in [-0.15, -0.1) is 0 Å². The summed E-state index contributed by atoms with van der Waals surface area (Å²) in [7, 11) is 0. The summed E-state index contributed by atoms with van der Waals surface area (Å²) in [5, 5.41) is 12.3. The van der Waals surface area contributed by atoms with Crippen molar-refractivity contribution in [2.45, 2.75) is 50.4 Å². The molecule has 5 heteroatoms. The third-order valence-corrected chi connectivity index (χ3v) is 3.74. The molecular weight excluding hydrogens is 222 g/mol. The van der Waals surface area contributed by atoms with E-state index < -0.39 is 12.1 Å². The van der Waals surface area contributed by atoms with Crippen molar-refractivity contribution < 1.29 is 19.4 Å². The van der Waals surface area contributed by atoms with Gasteiger partial charge in [0, 0.05) is 25.3 Å². The molecule has 0 radical (unpaired) electrons. The van der Waals surface area contributed by atoms with E-state index in [9.17, 15) is 4.79 Å². The molecule has 0 aromatic carbocycles. The molecule has 2 aliphatic heterocycles. The van der Waals surface area contributed by atoms with E-state index in [1.807, 2.05) is 0 Å². The van der Waals surface area contributed by atoms with Crippen LogP contribution in [0.3, 0.4) is 0 Å². The van der Waals surface area contributed by atoms with Gasteiger partial charge in [-0.3, -0.25) is 0 Å². The Balaban J connectivity index is 1.73. The average Bonchev–Trinajstić information content (AvgIpc) is 2.76. The van der Waals surface area contributed by atoms with Crippen molar-refractivity contribution in [1.82, 2.24) is 5.32 Å². The number of carbonyl (C=O) groups is 1. The smallest absolute Gasteiger partial charge is 0.332 e. The minimum Gasteiger partial charge on any atom is -0.479 e. The highest BCUT2D eigenvalue weighted by Gasteiger charge is 2.33. The molecule has 2 aliphatic rings. The summed E-state index contributed by atoms with van der Waals surface area (Å²) in [6, 6.07) is 0. The van der Waals surface area contributed by atoms with Crippen molar-refractivity contribution in [3.05, 3.63) is 0 Å². The fourth-order valence-electron chi connectivity index (χ4n) is 2.40. The van der Waals surface area contributed by atoms with Crippen molar-refractivity contribution in [2.24, 2.45) is 0 Å². The molecular formula is C12H21NO4. The van der Waals surface area contributed by atoms with Crippen molar-refractivity contribution in [3.63, 3.8) is 0 Å². The van der Waals surface area contributed by atoms with Crippen LogP contribution in [0.4, 0.5) is 0 Å². The van der Waals surface area contributed by atoms with Gasteiger partial charge in [-0.1, -0.05) is 0 Å². The Hall–Kier alpha value is -0.650. The Morgan fingerprint density at radius 1 is 1.41 bits per heavy atom. The molecule has 0 saturated carbocycles. The zero-order chi connectivity index (χ0) is 12.3. The van der Waals surface area contributed by atoms with Crippen molar-refractivity contribution >= 4 is 5.97 Å². The molecule has 17 heavy (non-hydrogen) atoms. The molecule has 0 aromatic rings. The van der Waals surface area contributed by atoms with E-state index in [1.165, 1.54) is 0 Å². The summed E-state index contributed by atoms with van der Waals surface area (Å²) >= 11 is 0. The van der Waals surface area contributed by atoms with Gasteiger partial charge in [0.2, 0.25) is 0 Å². The first-order chi connectivity index (χ1) is 8.09. The van der Waals surface area contributed by atoms with E-state index in [0.29, 0.717) is 6.42 Å². The minimum atomic E-state index is -0.843. The summed E-state index contributed by atoms with van der Waals surface area (Å²) < 4.78 is 10.8. The molecule has 2 heterocycles. The number of hydrogen-bond donors (Lipinski definition) is 2. The van der Waals surface area contributed by atoms with Crippen LogP contribution < -0.4 is 5.32 Å². The number of aliphatic carboxylic acids is 1. The average molecular weight is 243 g/mol. The van der Waals surface area contributed by atoms with Crippen LogP contribution in [0, 0.1) is 0 Å². The lowest BCUT2D eigenvalue weighted by Gasteiger charge is -2.35. The second-order valence-electron chi connectivity index (χ2n) is 5.22. The van der Waals surface area contributed by atoms with Crippen molar-refractivity contribution in [2.75, 3.05) is 19.8 Å². The second kappa shape index (κ2) is 5.33. The maximum Gasteiger partial charge on any atom is 0.332 e. The molecule has 2 N–H and O–H groups in total. The zero-order valence-corrected chi connectivity index (χ0v) is 10.3.